The fourth-order valence-electron chi connectivity index (χ4n) is 6.22. The van der Waals surface area contributed by atoms with Gasteiger partial charge in [-0.25, -0.2) is 9.18 Å². The van der Waals surface area contributed by atoms with Gasteiger partial charge in [0, 0.05) is 43.4 Å². The van der Waals surface area contributed by atoms with Crippen molar-refractivity contribution in [1.29, 1.82) is 0 Å². The van der Waals surface area contributed by atoms with Gasteiger partial charge in [0.25, 0.3) is 0 Å². The van der Waals surface area contributed by atoms with Crippen molar-refractivity contribution >= 4 is 17.6 Å². The van der Waals surface area contributed by atoms with Crippen molar-refractivity contribution in [2.45, 2.75) is 63.1 Å². The number of piperidine rings is 1. The number of hydrogen-bond donors (Lipinski definition) is 1. The number of amidine groups is 1. The summed E-state index contributed by atoms with van der Waals surface area (Å²) < 4.78 is 16.3. The Labute approximate surface area is 217 Å². The predicted octanol–water partition coefficient (Wildman–Crippen LogP) is 5.91. The Morgan fingerprint density at radius 3 is 2.41 bits per heavy atom. The number of aromatic nitrogens is 1. The molecule has 0 bridgehead atoms. The smallest absolute Gasteiger partial charge is 0.324 e. The van der Waals surface area contributed by atoms with Crippen molar-refractivity contribution in [3.63, 3.8) is 0 Å². The third kappa shape index (κ3) is 4.80. The second-order valence-electron chi connectivity index (χ2n) is 10.6. The first-order valence-corrected chi connectivity index (χ1v) is 13.5. The van der Waals surface area contributed by atoms with Crippen LogP contribution in [0.15, 0.2) is 78.0 Å². The summed E-state index contributed by atoms with van der Waals surface area (Å²) in [5.41, 5.74) is 2.45. The summed E-state index contributed by atoms with van der Waals surface area (Å²) in [5.74, 6) is 0.445. The highest BCUT2D eigenvalue weighted by Gasteiger charge is 2.53. The molecule has 1 spiro atoms. The van der Waals surface area contributed by atoms with Gasteiger partial charge < -0.3 is 4.57 Å². The van der Waals surface area contributed by atoms with E-state index in [2.05, 4.69) is 51.4 Å². The number of carbonyl (C=O) groups is 1. The minimum atomic E-state index is -0.564. The number of nitrogens with zero attached hydrogens (tertiary/aromatic N) is 4. The molecule has 1 aromatic heterocycles. The highest BCUT2D eigenvalue weighted by Crippen LogP contribution is 2.39. The fourth-order valence-corrected chi connectivity index (χ4v) is 6.22. The molecule has 3 fully saturated rings. The molecule has 1 saturated carbocycles. The van der Waals surface area contributed by atoms with Crippen molar-refractivity contribution in [1.82, 2.24) is 14.8 Å². The monoisotopic (exact) mass is 499 g/mol. The summed E-state index contributed by atoms with van der Waals surface area (Å²) in [5, 5.41) is 3.11. The molecule has 0 radical (unpaired) electrons. The zero-order chi connectivity index (χ0) is 25.2. The summed E-state index contributed by atoms with van der Waals surface area (Å²) in [6.45, 7) is 2.51. The Bertz CT molecular complexity index is 1270. The number of urea groups is 1. The Kier molecular flexibility index (Phi) is 6.55. The number of nitrogens with one attached hydrogen (secondary N) is 1. The number of rotatable bonds is 5. The zero-order valence-electron chi connectivity index (χ0n) is 21.2. The van der Waals surface area contributed by atoms with E-state index in [9.17, 15) is 9.18 Å². The number of hydrogen-bond acceptors (Lipinski definition) is 3. The van der Waals surface area contributed by atoms with Gasteiger partial charge in [-0.3, -0.25) is 20.1 Å². The van der Waals surface area contributed by atoms with Crippen molar-refractivity contribution in [3.05, 3.63) is 84.4 Å². The van der Waals surface area contributed by atoms with Crippen LogP contribution in [0.2, 0.25) is 0 Å². The van der Waals surface area contributed by atoms with Gasteiger partial charge in [-0.1, -0.05) is 37.5 Å². The molecule has 2 aliphatic heterocycles. The minimum Gasteiger partial charge on any atom is -0.324 e. The van der Waals surface area contributed by atoms with Crippen molar-refractivity contribution < 1.29 is 9.18 Å². The fraction of sp³-hybridized carbons (Fsp3) is 0.400. The SMILES string of the molecule is O=C1NC(=NC2CCCCC2)C2(CCN(Cc3cccc(-n4cccc4)c3)CC2)N1c1cccc(F)c1. The number of carbonyl (C=O) groups excluding carboxylic acids is 1. The third-order valence-electron chi connectivity index (χ3n) is 8.15. The van der Waals surface area contributed by atoms with E-state index in [1.54, 1.807) is 11.0 Å². The average Bonchev–Trinajstić information content (AvgIpc) is 3.54. The van der Waals surface area contributed by atoms with Crippen LogP contribution in [0.1, 0.15) is 50.5 Å². The molecule has 2 aromatic carbocycles. The molecule has 7 heteroatoms. The molecule has 37 heavy (non-hydrogen) atoms. The van der Waals surface area contributed by atoms with Gasteiger partial charge >= 0.3 is 6.03 Å². The molecule has 0 unspecified atom stereocenters. The van der Waals surface area contributed by atoms with Crippen LogP contribution in [0.3, 0.4) is 0 Å². The number of benzene rings is 2. The number of amides is 2. The summed E-state index contributed by atoms with van der Waals surface area (Å²) in [6.07, 6.45) is 11.4. The number of halogens is 1. The molecule has 6 nitrogen and oxygen atoms in total. The number of aliphatic imine (C=N–C) groups is 1. The molecule has 6 rings (SSSR count). The second kappa shape index (κ2) is 10.1. The predicted molar refractivity (Wildman–Crippen MR) is 145 cm³/mol. The molecule has 2 amide bonds. The van der Waals surface area contributed by atoms with E-state index >= 15 is 0 Å². The van der Waals surface area contributed by atoms with Gasteiger partial charge in [0.1, 0.15) is 17.2 Å². The lowest BCUT2D eigenvalue weighted by Gasteiger charge is -2.44. The van der Waals surface area contributed by atoms with Crippen LogP contribution < -0.4 is 10.2 Å². The van der Waals surface area contributed by atoms with E-state index < -0.39 is 5.54 Å². The van der Waals surface area contributed by atoms with Gasteiger partial charge in [-0.15, -0.1) is 0 Å². The van der Waals surface area contributed by atoms with Crippen LogP contribution >= 0.6 is 0 Å². The molecule has 1 aliphatic carbocycles. The maximum atomic E-state index is 14.2. The maximum Gasteiger partial charge on any atom is 0.328 e. The van der Waals surface area contributed by atoms with E-state index in [1.807, 2.05) is 18.2 Å². The standard InChI is InChI=1S/C30H34FN5O/c31-24-9-7-13-27(21-24)36-29(37)33-28(32-25-10-2-1-3-11-25)30(36)14-18-34(19-15-30)22-23-8-6-12-26(20-23)35-16-4-5-17-35/h4-9,12-13,16-17,20-21,25H,1-3,10-11,14-15,18-19,22H2,(H,32,33,37). The van der Waals surface area contributed by atoms with E-state index in [1.165, 1.54) is 37.0 Å². The van der Waals surface area contributed by atoms with Crippen LogP contribution in [0.5, 0.6) is 0 Å². The van der Waals surface area contributed by atoms with Crippen molar-refractivity contribution in [3.8, 4) is 5.69 Å². The maximum absolute atomic E-state index is 14.2. The molecule has 3 aromatic rings. The molecule has 3 aliphatic rings. The van der Waals surface area contributed by atoms with Gasteiger partial charge in [0.05, 0.1) is 6.04 Å². The summed E-state index contributed by atoms with van der Waals surface area (Å²) in [6, 6.07) is 19.1. The Balaban J connectivity index is 1.25. The number of anilines is 1. The van der Waals surface area contributed by atoms with Gasteiger partial charge in [0.15, 0.2) is 0 Å². The van der Waals surface area contributed by atoms with Crippen LogP contribution in [-0.4, -0.2) is 46.0 Å². The lowest BCUT2D eigenvalue weighted by molar-refractivity contribution is 0.184. The highest BCUT2D eigenvalue weighted by molar-refractivity contribution is 6.19. The van der Waals surface area contributed by atoms with Gasteiger partial charge in [-0.05, 0) is 73.7 Å². The third-order valence-corrected chi connectivity index (χ3v) is 8.15. The summed E-state index contributed by atoms with van der Waals surface area (Å²) in [7, 11) is 0. The Morgan fingerprint density at radius 2 is 1.65 bits per heavy atom. The lowest BCUT2D eigenvalue weighted by Crippen LogP contribution is -2.57. The zero-order valence-corrected chi connectivity index (χ0v) is 21.2. The van der Waals surface area contributed by atoms with Crippen molar-refractivity contribution in [2.24, 2.45) is 4.99 Å². The summed E-state index contributed by atoms with van der Waals surface area (Å²) >= 11 is 0. The van der Waals surface area contributed by atoms with Crippen LogP contribution in [0.4, 0.5) is 14.9 Å². The molecule has 1 N–H and O–H groups in total. The number of likely N-dealkylation sites (tertiary alicyclic amines) is 1. The van der Waals surface area contributed by atoms with Crippen LogP contribution in [-0.2, 0) is 6.54 Å². The minimum absolute atomic E-state index is 0.201. The molecule has 2 saturated heterocycles. The Morgan fingerprint density at radius 1 is 0.919 bits per heavy atom. The first-order valence-electron chi connectivity index (χ1n) is 13.5. The van der Waals surface area contributed by atoms with Gasteiger partial charge in [0.2, 0.25) is 0 Å². The largest absolute Gasteiger partial charge is 0.328 e. The van der Waals surface area contributed by atoms with E-state index in [0.29, 0.717) is 5.69 Å². The lowest BCUT2D eigenvalue weighted by atomic mass is 9.84. The van der Waals surface area contributed by atoms with Crippen molar-refractivity contribution in [2.75, 3.05) is 18.0 Å². The Hall–Kier alpha value is -3.45. The second-order valence-corrected chi connectivity index (χ2v) is 10.6. The first-order chi connectivity index (χ1) is 18.1. The van der Waals surface area contributed by atoms with Gasteiger partial charge in [-0.2, -0.15) is 0 Å². The first kappa shape index (κ1) is 23.9. The van der Waals surface area contributed by atoms with Crippen LogP contribution in [0, 0.1) is 5.82 Å². The van der Waals surface area contributed by atoms with Crippen LogP contribution in [0.25, 0.3) is 5.69 Å². The molecule has 3 heterocycles. The summed E-state index contributed by atoms with van der Waals surface area (Å²) in [4.78, 5) is 22.7. The van der Waals surface area contributed by atoms with E-state index in [0.717, 1.165) is 56.8 Å². The molecular weight excluding hydrogens is 465 g/mol. The molecule has 0 atom stereocenters. The highest BCUT2D eigenvalue weighted by atomic mass is 19.1. The normalized spacial score (nSPS) is 21.6. The quantitative estimate of drug-likeness (QED) is 0.474. The van der Waals surface area contributed by atoms with E-state index in [-0.39, 0.29) is 17.9 Å². The average molecular weight is 500 g/mol. The molecule has 192 valence electrons. The molecular formula is C30H34FN5O. The topological polar surface area (TPSA) is 52.9 Å². The van der Waals surface area contributed by atoms with E-state index in [4.69, 9.17) is 4.99 Å².